The van der Waals surface area contributed by atoms with E-state index in [-0.39, 0.29) is 6.04 Å². The van der Waals surface area contributed by atoms with Gasteiger partial charge in [0.2, 0.25) is 0 Å². The van der Waals surface area contributed by atoms with E-state index >= 15 is 0 Å². The van der Waals surface area contributed by atoms with Crippen LogP contribution < -0.4 is 0 Å². The first-order valence-electron chi connectivity index (χ1n) is 6.19. The zero-order valence-corrected chi connectivity index (χ0v) is 11.5. The van der Waals surface area contributed by atoms with E-state index in [2.05, 4.69) is 26.8 Å². The highest BCUT2D eigenvalue weighted by Gasteiger charge is 2.31. The Morgan fingerprint density at radius 1 is 1.44 bits per heavy atom. The zero-order valence-electron chi connectivity index (χ0n) is 10.7. The molecule has 1 saturated carbocycles. The van der Waals surface area contributed by atoms with Gasteiger partial charge in [0.1, 0.15) is 11.6 Å². The van der Waals surface area contributed by atoms with Crippen molar-refractivity contribution < 1.29 is 4.52 Å². The molecule has 0 aromatic carbocycles. The Morgan fingerprint density at radius 3 is 2.72 bits per heavy atom. The van der Waals surface area contributed by atoms with Crippen LogP contribution in [0.25, 0.3) is 0 Å². The van der Waals surface area contributed by atoms with E-state index in [4.69, 9.17) is 16.7 Å². The summed E-state index contributed by atoms with van der Waals surface area (Å²) in [6.07, 6.45) is 2.40. The molecule has 96 valence electrons. The Hall–Kier alpha value is -1.43. The number of H-pyrrole nitrogens is 1. The lowest BCUT2D eigenvalue weighted by Crippen LogP contribution is -2.12. The zero-order chi connectivity index (χ0) is 12.9. The van der Waals surface area contributed by atoms with Crippen molar-refractivity contribution >= 4 is 12.2 Å². The smallest absolute Gasteiger partial charge is 0.195 e. The lowest BCUT2D eigenvalue weighted by atomic mass is 10.1. The molecule has 1 unspecified atom stereocenters. The van der Waals surface area contributed by atoms with Crippen LogP contribution in [0.3, 0.4) is 0 Å². The Bertz CT molecular complexity index is 615. The summed E-state index contributed by atoms with van der Waals surface area (Å²) in [5.41, 5.74) is 2.03. The number of hydrogen-bond acceptors (Lipinski definition) is 4. The van der Waals surface area contributed by atoms with Crippen LogP contribution in [0.1, 0.15) is 54.6 Å². The van der Waals surface area contributed by atoms with E-state index in [1.807, 2.05) is 13.8 Å². The van der Waals surface area contributed by atoms with Crippen molar-refractivity contribution in [3.05, 3.63) is 27.6 Å². The second kappa shape index (κ2) is 4.05. The summed E-state index contributed by atoms with van der Waals surface area (Å²) in [6.45, 7) is 6.01. The van der Waals surface area contributed by atoms with Crippen LogP contribution in [-0.2, 0) is 0 Å². The van der Waals surface area contributed by atoms with Crippen molar-refractivity contribution in [2.75, 3.05) is 0 Å². The Labute approximate surface area is 110 Å². The van der Waals surface area contributed by atoms with Crippen molar-refractivity contribution in [3.8, 4) is 0 Å². The van der Waals surface area contributed by atoms with Gasteiger partial charge in [-0.25, -0.2) is 0 Å². The monoisotopic (exact) mass is 264 g/mol. The third-order valence-corrected chi connectivity index (χ3v) is 3.86. The van der Waals surface area contributed by atoms with E-state index in [0.717, 1.165) is 22.8 Å². The maximum Gasteiger partial charge on any atom is 0.195 e. The molecule has 5 nitrogen and oxygen atoms in total. The summed E-state index contributed by atoms with van der Waals surface area (Å²) in [5, 5.41) is 11.3. The van der Waals surface area contributed by atoms with Gasteiger partial charge in [0.25, 0.3) is 0 Å². The van der Waals surface area contributed by atoms with E-state index in [0.29, 0.717) is 10.7 Å². The van der Waals surface area contributed by atoms with Crippen LogP contribution in [0.2, 0.25) is 0 Å². The van der Waals surface area contributed by atoms with Crippen LogP contribution in [-0.4, -0.2) is 19.9 Å². The van der Waals surface area contributed by atoms with Gasteiger partial charge in [-0.15, -0.1) is 0 Å². The number of rotatable bonds is 3. The van der Waals surface area contributed by atoms with Gasteiger partial charge < -0.3 is 4.52 Å². The first kappa shape index (κ1) is 11.6. The quantitative estimate of drug-likeness (QED) is 0.866. The average molecular weight is 264 g/mol. The van der Waals surface area contributed by atoms with Crippen molar-refractivity contribution in [2.45, 2.75) is 45.6 Å². The van der Waals surface area contributed by atoms with Crippen LogP contribution >= 0.6 is 12.2 Å². The summed E-state index contributed by atoms with van der Waals surface area (Å²) >= 11 is 5.35. The lowest BCUT2D eigenvalue weighted by Gasteiger charge is -2.15. The fourth-order valence-electron chi connectivity index (χ4n) is 2.54. The first-order valence-corrected chi connectivity index (χ1v) is 6.60. The van der Waals surface area contributed by atoms with Crippen molar-refractivity contribution in [1.82, 2.24) is 19.9 Å². The summed E-state index contributed by atoms with van der Waals surface area (Å²) in [4.78, 5) is 0. The highest BCUT2D eigenvalue weighted by molar-refractivity contribution is 7.71. The van der Waals surface area contributed by atoms with E-state index in [9.17, 15) is 0 Å². The average Bonchev–Trinajstić information content (AvgIpc) is 3.02. The van der Waals surface area contributed by atoms with Gasteiger partial charge in [-0.2, -0.15) is 5.10 Å². The molecule has 0 bridgehead atoms. The van der Waals surface area contributed by atoms with Crippen LogP contribution in [0, 0.1) is 18.6 Å². The molecule has 2 aromatic rings. The predicted molar refractivity (Wildman–Crippen MR) is 69.2 cm³/mol. The van der Waals surface area contributed by atoms with Gasteiger partial charge >= 0.3 is 0 Å². The van der Waals surface area contributed by atoms with Gasteiger partial charge in [0.15, 0.2) is 4.77 Å². The molecule has 0 spiro atoms. The molecule has 18 heavy (non-hydrogen) atoms. The molecule has 2 aromatic heterocycles. The van der Waals surface area contributed by atoms with Gasteiger partial charge in [0, 0.05) is 11.5 Å². The summed E-state index contributed by atoms with van der Waals surface area (Å²) in [7, 11) is 0. The normalized spacial score (nSPS) is 17.1. The third-order valence-electron chi connectivity index (χ3n) is 3.57. The van der Waals surface area contributed by atoms with E-state index in [1.165, 1.54) is 12.8 Å². The number of nitrogens with zero attached hydrogens (tertiary/aromatic N) is 3. The van der Waals surface area contributed by atoms with Gasteiger partial charge in [-0.3, -0.25) is 9.67 Å². The standard InChI is InChI=1S/C12H16N4OS/c1-6-10(8(3)17-15-6)7(2)16-11(9-4-5-9)13-14-12(16)18/h7,9H,4-5H2,1-3H3,(H,14,18). The molecule has 3 rings (SSSR count). The minimum Gasteiger partial charge on any atom is -0.361 e. The van der Waals surface area contributed by atoms with Gasteiger partial charge in [-0.05, 0) is 45.8 Å². The molecule has 2 heterocycles. The molecule has 1 aliphatic carbocycles. The summed E-state index contributed by atoms with van der Waals surface area (Å²) in [6, 6.07) is 0.109. The molecule has 0 amide bonds. The molecular formula is C12H16N4OS. The number of aryl methyl sites for hydroxylation is 2. The maximum atomic E-state index is 5.35. The summed E-state index contributed by atoms with van der Waals surface area (Å²) in [5.74, 6) is 2.47. The predicted octanol–water partition coefficient (Wildman–Crippen LogP) is 3.03. The Morgan fingerprint density at radius 2 is 2.17 bits per heavy atom. The van der Waals surface area contributed by atoms with Crippen LogP contribution in [0.4, 0.5) is 0 Å². The number of aromatic amines is 1. The molecule has 0 radical (unpaired) electrons. The largest absolute Gasteiger partial charge is 0.361 e. The highest BCUT2D eigenvalue weighted by atomic mass is 32.1. The fraction of sp³-hybridized carbons (Fsp3) is 0.583. The molecule has 6 heteroatoms. The molecular weight excluding hydrogens is 248 g/mol. The Kier molecular flexibility index (Phi) is 2.62. The molecule has 1 aliphatic rings. The van der Waals surface area contributed by atoms with Gasteiger partial charge in [-0.1, -0.05) is 5.16 Å². The first-order chi connectivity index (χ1) is 8.59. The van der Waals surface area contributed by atoms with E-state index < -0.39 is 0 Å². The van der Waals surface area contributed by atoms with E-state index in [1.54, 1.807) is 0 Å². The maximum absolute atomic E-state index is 5.35. The second-order valence-corrected chi connectivity index (χ2v) is 5.33. The molecule has 1 fully saturated rings. The lowest BCUT2D eigenvalue weighted by molar-refractivity contribution is 0.390. The summed E-state index contributed by atoms with van der Waals surface area (Å²) < 4.78 is 8.01. The highest BCUT2D eigenvalue weighted by Crippen LogP contribution is 2.40. The molecule has 0 aliphatic heterocycles. The third kappa shape index (κ3) is 1.71. The van der Waals surface area contributed by atoms with Crippen LogP contribution in [0.15, 0.2) is 4.52 Å². The number of aromatic nitrogens is 4. The number of hydrogen-bond donors (Lipinski definition) is 1. The van der Waals surface area contributed by atoms with Crippen molar-refractivity contribution in [1.29, 1.82) is 0 Å². The van der Waals surface area contributed by atoms with Crippen LogP contribution in [0.5, 0.6) is 0 Å². The molecule has 0 saturated heterocycles. The second-order valence-electron chi connectivity index (χ2n) is 4.95. The Balaban J connectivity index is 2.10. The minimum atomic E-state index is 0.109. The fourth-order valence-corrected chi connectivity index (χ4v) is 2.83. The molecule has 1 N–H and O–H groups in total. The topological polar surface area (TPSA) is 59.6 Å². The SMILES string of the molecule is Cc1noc(C)c1C(C)n1c(C2CC2)n[nH]c1=S. The van der Waals surface area contributed by atoms with Crippen molar-refractivity contribution in [2.24, 2.45) is 0 Å². The molecule has 1 atom stereocenters. The van der Waals surface area contributed by atoms with Crippen molar-refractivity contribution in [3.63, 3.8) is 0 Å². The number of nitrogens with one attached hydrogen (secondary N) is 1. The van der Waals surface area contributed by atoms with Gasteiger partial charge in [0.05, 0.1) is 11.7 Å². The minimum absolute atomic E-state index is 0.109.